The molecule has 6 rings (SSSR count). The highest BCUT2D eigenvalue weighted by Gasteiger charge is 2.47. The number of hydrogen-bond donors (Lipinski definition) is 3. The summed E-state index contributed by atoms with van der Waals surface area (Å²) in [5.41, 5.74) is 2.75. The fraction of sp³-hybridized carbons (Fsp3) is 0.344. The third-order valence-corrected chi connectivity index (χ3v) is 11.5. The summed E-state index contributed by atoms with van der Waals surface area (Å²) in [7, 11) is -3.94. The summed E-state index contributed by atoms with van der Waals surface area (Å²) in [6.45, 7) is -0.289. The minimum Gasteiger partial charge on any atom is -0.445 e. The van der Waals surface area contributed by atoms with Gasteiger partial charge in [-0.1, -0.05) is 18.2 Å². The molecule has 1 aromatic heterocycles. The molecule has 2 aromatic carbocycles. The summed E-state index contributed by atoms with van der Waals surface area (Å²) in [4.78, 5) is 42.0. The lowest BCUT2D eigenvalue weighted by atomic mass is 10.0. The summed E-state index contributed by atoms with van der Waals surface area (Å²) in [5, 5.41) is 14.6. The van der Waals surface area contributed by atoms with Gasteiger partial charge in [-0.25, -0.2) is 22.6 Å². The number of benzene rings is 2. The maximum Gasteiger partial charge on any atom is 0.411 e. The van der Waals surface area contributed by atoms with Crippen molar-refractivity contribution in [2.24, 2.45) is 0 Å². The highest BCUT2D eigenvalue weighted by molar-refractivity contribution is 7.93. The van der Waals surface area contributed by atoms with Crippen LogP contribution >= 0.6 is 11.3 Å². The van der Waals surface area contributed by atoms with Gasteiger partial charge in [0, 0.05) is 28.9 Å². The molecule has 238 valence electrons. The first-order valence-electron chi connectivity index (χ1n) is 14.8. The molecule has 1 atom stereocenters. The smallest absolute Gasteiger partial charge is 0.411 e. The number of carbonyl (C=O) groups is 3. The Morgan fingerprint density at radius 3 is 2.59 bits per heavy atom. The maximum atomic E-state index is 15.3. The zero-order valence-electron chi connectivity index (χ0n) is 24.5. The second-order valence-corrected chi connectivity index (χ2v) is 14.8. The zero-order chi connectivity index (χ0) is 32.4. The molecule has 0 radical (unpaired) electrons. The maximum absolute atomic E-state index is 15.3. The molecule has 11 nitrogen and oxygen atoms in total. The molecule has 46 heavy (non-hydrogen) atoms. The van der Waals surface area contributed by atoms with Gasteiger partial charge >= 0.3 is 6.09 Å². The molecule has 0 aliphatic heterocycles. The molecule has 0 spiro atoms. The van der Waals surface area contributed by atoms with Gasteiger partial charge in [0.2, 0.25) is 11.8 Å². The summed E-state index contributed by atoms with van der Waals surface area (Å²) < 4.78 is 47.7. The van der Waals surface area contributed by atoms with Gasteiger partial charge in [0.05, 0.1) is 28.1 Å². The van der Waals surface area contributed by atoms with Crippen LogP contribution in [0, 0.1) is 17.1 Å². The zero-order valence-corrected chi connectivity index (χ0v) is 26.2. The molecule has 1 unspecified atom stereocenters. The van der Waals surface area contributed by atoms with E-state index in [4.69, 9.17) is 10.00 Å². The lowest BCUT2D eigenvalue weighted by molar-refractivity contribution is -0.126. The Hall–Kier alpha value is -4.61. The molecule has 0 bridgehead atoms. The number of nitrogens with zero attached hydrogens (tertiary/aromatic N) is 2. The molecule has 0 saturated heterocycles. The van der Waals surface area contributed by atoms with Gasteiger partial charge in [0.25, 0.3) is 0 Å². The molecule has 3 aromatic rings. The minimum absolute atomic E-state index is 0.0143. The van der Waals surface area contributed by atoms with Crippen LogP contribution in [0.5, 0.6) is 0 Å². The number of allylic oxidation sites excluding steroid dienone is 3. The van der Waals surface area contributed by atoms with E-state index in [1.165, 1.54) is 6.07 Å². The Balaban J connectivity index is 1.16. The number of anilines is 1. The standard InChI is InChI=1S/C32H30FN5O6S2/c33-25-14-26-27(45-31(38-26)29(46(42,43)23-10-11-23)30(40)35-16-28(39)36-21-8-9-21)13-24(25)20-4-6-22(7-5-20)37-32(41)44-17-19-3-1-2-18(12-19)15-34/h2,4-7,12-14,21,23,29H,1,3,8-11,16-17H2,(H,35,40)(H,36,39)(H,37,41). The lowest BCUT2D eigenvalue weighted by Crippen LogP contribution is -2.41. The van der Waals surface area contributed by atoms with Crippen LogP contribution in [-0.4, -0.2) is 55.8 Å². The second kappa shape index (κ2) is 13.0. The number of sulfone groups is 1. The van der Waals surface area contributed by atoms with Crippen molar-refractivity contribution in [2.45, 2.75) is 55.1 Å². The largest absolute Gasteiger partial charge is 0.445 e. The van der Waals surface area contributed by atoms with Crippen LogP contribution in [-0.2, 0) is 24.2 Å². The number of thiazole rings is 1. The van der Waals surface area contributed by atoms with Crippen molar-refractivity contribution in [3.8, 4) is 17.2 Å². The van der Waals surface area contributed by atoms with E-state index in [0.717, 1.165) is 29.8 Å². The van der Waals surface area contributed by atoms with Crippen molar-refractivity contribution in [1.29, 1.82) is 5.26 Å². The Morgan fingerprint density at radius 2 is 1.89 bits per heavy atom. The molecule has 3 N–H and O–H groups in total. The van der Waals surface area contributed by atoms with E-state index in [1.807, 2.05) is 6.08 Å². The molecule has 2 fully saturated rings. The van der Waals surface area contributed by atoms with Crippen molar-refractivity contribution in [3.63, 3.8) is 0 Å². The van der Waals surface area contributed by atoms with Crippen LogP contribution in [0.2, 0.25) is 0 Å². The van der Waals surface area contributed by atoms with Gasteiger partial charge in [0.15, 0.2) is 15.1 Å². The van der Waals surface area contributed by atoms with Crippen molar-refractivity contribution >= 4 is 55.0 Å². The van der Waals surface area contributed by atoms with Crippen LogP contribution in [0.4, 0.5) is 14.9 Å². The van der Waals surface area contributed by atoms with Gasteiger partial charge in [0.1, 0.15) is 17.4 Å². The number of fused-ring (bicyclic) bond motifs is 1. The average molecular weight is 664 g/mol. The van der Waals surface area contributed by atoms with E-state index in [2.05, 4.69) is 27.0 Å². The highest BCUT2D eigenvalue weighted by atomic mass is 32.2. The van der Waals surface area contributed by atoms with E-state index in [9.17, 15) is 22.8 Å². The van der Waals surface area contributed by atoms with Gasteiger partial charge in [-0.3, -0.25) is 14.9 Å². The van der Waals surface area contributed by atoms with Crippen LogP contribution in [0.1, 0.15) is 48.8 Å². The number of nitrogens with one attached hydrogen (secondary N) is 3. The van der Waals surface area contributed by atoms with E-state index in [0.29, 0.717) is 47.2 Å². The van der Waals surface area contributed by atoms with E-state index in [-0.39, 0.29) is 35.3 Å². The molecule has 1 heterocycles. The first kappa shape index (κ1) is 31.4. The molecule has 2 saturated carbocycles. The molecule has 3 amide bonds. The Labute approximate surface area is 268 Å². The van der Waals surface area contributed by atoms with Gasteiger partial charge in [-0.05, 0) is 73.9 Å². The predicted octanol–water partition coefficient (Wildman–Crippen LogP) is 4.83. The highest BCUT2D eigenvalue weighted by Crippen LogP contribution is 2.41. The lowest BCUT2D eigenvalue weighted by Gasteiger charge is -2.15. The summed E-state index contributed by atoms with van der Waals surface area (Å²) in [5.74, 6) is -1.82. The van der Waals surface area contributed by atoms with E-state index < -0.39 is 44.1 Å². The Kier molecular flexibility index (Phi) is 8.88. The summed E-state index contributed by atoms with van der Waals surface area (Å²) in [6.07, 6.45) is 6.92. The van der Waals surface area contributed by atoms with Gasteiger partial charge in [-0.15, -0.1) is 11.3 Å². The normalized spacial score (nSPS) is 16.9. The Morgan fingerprint density at radius 1 is 1.13 bits per heavy atom. The number of halogens is 1. The number of hydrogen-bond acceptors (Lipinski definition) is 9. The number of carbonyl (C=O) groups excluding carboxylic acids is 3. The van der Waals surface area contributed by atoms with Crippen molar-refractivity contribution in [2.75, 3.05) is 18.5 Å². The Bertz CT molecular complexity index is 1920. The number of aromatic nitrogens is 1. The van der Waals surface area contributed by atoms with Crippen LogP contribution in [0.3, 0.4) is 0 Å². The minimum atomic E-state index is -3.94. The quantitative estimate of drug-likeness (QED) is 0.262. The van der Waals surface area contributed by atoms with E-state index >= 15 is 4.39 Å². The number of rotatable bonds is 11. The molecular weight excluding hydrogens is 634 g/mol. The number of nitriles is 1. The van der Waals surface area contributed by atoms with Crippen molar-refractivity contribution in [1.82, 2.24) is 15.6 Å². The van der Waals surface area contributed by atoms with Crippen LogP contribution in [0.25, 0.3) is 21.3 Å². The first-order valence-corrected chi connectivity index (χ1v) is 17.3. The summed E-state index contributed by atoms with van der Waals surface area (Å²) in [6, 6.07) is 11.3. The average Bonchev–Trinajstić information content (AvgIpc) is 3.98. The van der Waals surface area contributed by atoms with Crippen LogP contribution in [0.15, 0.2) is 59.7 Å². The molecule has 14 heteroatoms. The second-order valence-electron chi connectivity index (χ2n) is 11.5. The molecule has 3 aliphatic rings. The molecular formula is C32H30FN5O6S2. The van der Waals surface area contributed by atoms with Crippen molar-refractivity contribution in [3.05, 3.63) is 70.5 Å². The van der Waals surface area contributed by atoms with Crippen molar-refractivity contribution < 1.29 is 31.9 Å². The monoisotopic (exact) mass is 663 g/mol. The van der Waals surface area contributed by atoms with Crippen LogP contribution < -0.4 is 16.0 Å². The third kappa shape index (κ3) is 7.27. The topological polar surface area (TPSA) is 167 Å². The van der Waals surface area contributed by atoms with E-state index in [1.54, 1.807) is 36.4 Å². The fourth-order valence-corrected chi connectivity index (χ4v) is 8.47. The number of amides is 3. The third-order valence-electron chi connectivity index (χ3n) is 7.79. The number of ether oxygens (including phenoxy) is 1. The first-order chi connectivity index (χ1) is 22.1. The predicted molar refractivity (Wildman–Crippen MR) is 170 cm³/mol. The fourth-order valence-electron chi connectivity index (χ4n) is 5.06. The van der Waals surface area contributed by atoms with Gasteiger partial charge < -0.3 is 15.4 Å². The molecule has 3 aliphatic carbocycles. The SMILES string of the molecule is N#CC1=CCCC(COC(=O)Nc2ccc(-c3cc4sc(C(C(=O)NCC(=O)NC5CC5)S(=O)(=O)C5CC5)nc4cc3F)cc2)=C1. The van der Waals surface area contributed by atoms with Gasteiger partial charge in [-0.2, -0.15) is 5.26 Å². The summed E-state index contributed by atoms with van der Waals surface area (Å²) >= 11 is 0.991.